The SMILES string of the molecule is C[C@@H]1CCC[C@H](C)N1S(=O)(=O)c1cccc(C(=O)O)c1. The Bertz CT molecular complexity index is 601. The first kappa shape index (κ1) is 15.0. The third-order valence-electron chi connectivity index (χ3n) is 3.77. The van der Waals surface area contributed by atoms with Crippen molar-refractivity contribution in [2.75, 3.05) is 0 Å². The average Bonchev–Trinajstić information content (AvgIpc) is 2.38. The van der Waals surface area contributed by atoms with Crippen LogP contribution < -0.4 is 0 Å². The lowest BCUT2D eigenvalue weighted by Gasteiger charge is -2.37. The summed E-state index contributed by atoms with van der Waals surface area (Å²) >= 11 is 0. The third-order valence-corrected chi connectivity index (χ3v) is 5.89. The van der Waals surface area contributed by atoms with Crippen LogP contribution in [0.15, 0.2) is 29.2 Å². The Kier molecular flexibility index (Phi) is 4.15. The van der Waals surface area contributed by atoms with Crippen LogP contribution in [-0.4, -0.2) is 35.9 Å². The first-order chi connectivity index (χ1) is 9.34. The standard InChI is InChI=1S/C14H19NO4S/c1-10-5-3-6-11(2)15(10)20(18,19)13-8-4-7-12(9-13)14(16)17/h4,7-11H,3,5-6H2,1-2H3,(H,16,17)/t10-,11+. The summed E-state index contributed by atoms with van der Waals surface area (Å²) < 4.78 is 26.9. The molecule has 1 fully saturated rings. The Morgan fingerprint density at radius 3 is 2.40 bits per heavy atom. The highest BCUT2D eigenvalue weighted by Crippen LogP contribution is 2.29. The van der Waals surface area contributed by atoms with Crippen LogP contribution in [0.5, 0.6) is 0 Å². The molecule has 1 aliphatic rings. The zero-order valence-electron chi connectivity index (χ0n) is 11.6. The number of piperidine rings is 1. The largest absolute Gasteiger partial charge is 0.478 e. The van der Waals surface area contributed by atoms with Crippen LogP contribution in [0, 0.1) is 0 Å². The number of carboxylic acids is 1. The topological polar surface area (TPSA) is 74.7 Å². The highest BCUT2D eigenvalue weighted by atomic mass is 32.2. The minimum Gasteiger partial charge on any atom is -0.478 e. The van der Waals surface area contributed by atoms with Gasteiger partial charge in [0, 0.05) is 12.1 Å². The number of carboxylic acid groups (broad SMARTS) is 1. The number of carbonyl (C=O) groups is 1. The molecule has 1 heterocycles. The van der Waals surface area contributed by atoms with E-state index in [-0.39, 0.29) is 22.5 Å². The van der Waals surface area contributed by atoms with Crippen LogP contribution in [-0.2, 0) is 10.0 Å². The van der Waals surface area contributed by atoms with Gasteiger partial charge in [0.15, 0.2) is 0 Å². The van der Waals surface area contributed by atoms with E-state index in [1.54, 1.807) is 0 Å². The zero-order valence-corrected chi connectivity index (χ0v) is 12.4. The molecule has 5 nitrogen and oxygen atoms in total. The Morgan fingerprint density at radius 1 is 1.25 bits per heavy atom. The molecule has 1 N–H and O–H groups in total. The predicted octanol–water partition coefficient (Wildman–Crippen LogP) is 2.34. The minimum absolute atomic E-state index is 0.0107. The third kappa shape index (κ3) is 2.71. The van der Waals surface area contributed by atoms with Crippen molar-refractivity contribution in [3.63, 3.8) is 0 Å². The molecule has 0 aliphatic carbocycles. The summed E-state index contributed by atoms with van der Waals surface area (Å²) in [4.78, 5) is 11.0. The van der Waals surface area contributed by atoms with E-state index in [0.29, 0.717) is 0 Å². The Balaban J connectivity index is 2.44. The van der Waals surface area contributed by atoms with Gasteiger partial charge in [-0.3, -0.25) is 0 Å². The molecular formula is C14H19NO4S. The summed E-state index contributed by atoms with van der Waals surface area (Å²) in [6.07, 6.45) is 2.69. The fourth-order valence-electron chi connectivity index (χ4n) is 2.78. The van der Waals surface area contributed by atoms with E-state index in [2.05, 4.69) is 0 Å². The first-order valence-electron chi connectivity index (χ1n) is 6.71. The summed E-state index contributed by atoms with van der Waals surface area (Å²) in [5, 5.41) is 8.98. The van der Waals surface area contributed by atoms with Crippen molar-refractivity contribution in [3.8, 4) is 0 Å². The smallest absolute Gasteiger partial charge is 0.335 e. The lowest BCUT2D eigenvalue weighted by molar-refractivity contribution is 0.0696. The summed E-state index contributed by atoms with van der Waals surface area (Å²) in [6, 6.07) is 5.43. The van der Waals surface area contributed by atoms with Gasteiger partial charge in [0.2, 0.25) is 10.0 Å². The van der Waals surface area contributed by atoms with Crippen molar-refractivity contribution in [1.82, 2.24) is 4.31 Å². The predicted molar refractivity (Wildman–Crippen MR) is 75.2 cm³/mol. The molecule has 0 bridgehead atoms. The molecule has 0 unspecified atom stereocenters. The maximum absolute atomic E-state index is 12.7. The van der Waals surface area contributed by atoms with Crippen LogP contribution in [0.25, 0.3) is 0 Å². The van der Waals surface area contributed by atoms with E-state index in [9.17, 15) is 13.2 Å². The number of nitrogens with zero attached hydrogens (tertiary/aromatic N) is 1. The van der Waals surface area contributed by atoms with Gasteiger partial charge in [-0.25, -0.2) is 13.2 Å². The van der Waals surface area contributed by atoms with Gasteiger partial charge in [0.25, 0.3) is 0 Å². The summed E-state index contributed by atoms with van der Waals surface area (Å²) in [6.45, 7) is 3.79. The van der Waals surface area contributed by atoms with Gasteiger partial charge in [-0.05, 0) is 44.9 Å². The van der Waals surface area contributed by atoms with Crippen molar-refractivity contribution in [1.29, 1.82) is 0 Å². The van der Waals surface area contributed by atoms with Gasteiger partial charge in [0.05, 0.1) is 10.5 Å². The van der Waals surface area contributed by atoms with Crippen LogP contribution in [0.4, 0.5) is 0 Å². The normalized spacial score (nSPS) is 24.5. The van der Waals surface area contributed by atoms with Gasteiger partial charge in [-0.2, -0.15) is 4.31 Å². The van der Waals surface area contributed by atoms with Crippen molar-refractivity contribution < 1.29 is 18.3 Å². The van der Waals surface area contributed by atoms with Crippen LogP contribution >= 0.6 is 0 Å². The van der Waals surface area contributed by atoms with Crippen LogP contribution in [0.3, 0.4) is 0 Å². The van der Waals surface area contributed by atoms with Gasteiger partial charge in [0.1, 0.15) is 0 Å². The molecule has 0 amide bonds. The van der Waals surface area contributed by atoms with Gasteiger partial charge in [-0.15, -0.1) is 0 Å². The first-order valence-corrected chi connectivity index (χ1v) is 8.15. The maximum Gasteiger partial charge on any atom is 0.335 e. The summed E-state index contributed by atoms with van der Waals surface area (Å²) in [5.41, 5.74) is -0.0107. The Labute approximate surface area is 119 Å². The number of hydrogen-bond donors (Lipinski definition) is 1. The molecule has 0 spiro atoms. The average molecular weight is 297 g/mol. The van der Waals surface area contributed by atoms with Gasteiger partial charge in [-0.1, -0.05) is 12.5 Å². The number of hydrogen-bond acceptors (Lipinski definition) is 3. The molecule has 1 saturated heterocycles. The van der Waals surface area contributed by atoms with Crippen molar-refractivity contribution in [2.45, 2.75) is 50.1 Å². The van der Waals surface area contributed by atoms with Gasteiger partial charge < -0.3 is 5.11 Å². The van der Waals surface area contributed by atoms with Crippen LogP contribution in [0.2, 0.25) is 0 Å². The number of aromatic carboxylic acids is 1. The van der Waals surface area contributed by atoms with Crippen LogP contribution in [0.1, 0.15) is 43.5 Å². The number of benzene rings is 1. The van der Waals surface area contributed by atoms with E-state index >= 15 is 0 Å². The molecule has 2 atom stereocenters. The number of sulfonamides is 1. The molecule has 110 valence electrons. The molecule has 1 aliphatic heterocycles. The lowest BCUT2D eigenvalue weighted by Crippen LogP contribution is -2.47. The maximum atomic E-state index is 12.7. The van der Waals surface area contributed by atoms with Gasteiger partial charge >= 0.3 is 5.97 Å². The van der Waals surface area contributed by atoms with Crippen molar-refractivity contribution >= 4 is 16.0 Å². The highest BCUT2D eigenvalue weighted by Gasteiger charge is 2.35. The summed E-state index contributed by atoms with van der Waals surface area (Å²) in [5.74, 6) is -1.12. The fourth-order valence-corrected chi connectivity index (χ4v) is 4.71. The van der Waals surface area contributed by atoms with E-state index in [1.165, 1.54) is 28.6 Å². The summed E-state index contributed by atoms with van der Waals surface area (Å²) in [7, 11) is -3.65. The highest BCUT2D eigenvalue weighted by molar-refractivity contribution is 7.89. The molecule has 20 heavy (non-hydrogen) atoms. The quantitative estimate of drug-likeness (QED) is 0.929. The molecular weight excluding hydrogens is 278 g/mol. The second-order valence-electron chi connectivity index (χ2n) is 5.30. The molecule has 1 aromatic rings. The Morgan fingerprint density at radius 2 is 1.85 bits per heavy atom. The fraction of sp³-hybridized carbons (Fsp3) is 0.500. The number of rotatable bonds is 3. The lowest BCUT2D eigenvalue weighted by atomic mass is 10.0. The molecule has 0 saturated carbocycles. The monoisotopic (exact) mass is 297 g/mol. The minimum atomic E-state index is -3.65. The van der Waals surface area contributed by atoms with E-state index in [1.807, 2.05) is 13.8 Å². The second-order valence-corrected chi connectivity index (χ2v) is 7.14. The van der Waals surface area contributed by atoms with Crippen molar-refractivity contribution in [3.05, 3.63) is 29.8 Å². The van der Waals surface area contributed by atoms with E-state index < -0.39 is 16.0 Å². The van der Waals surface area contributed by atoms with E-state index in [4.69, 9.17) is 5.11 Å². The molecule has 0 radical (unpaired) electrons. The Hall–Kier alpha value is -1.40. The van der Waals surface area contributed by atoms with E-state index in [0.717, 1.165) is 19.3 Å². The van der Waals surface area contributed by atoms with Crippen molar-refractivity contribution in [2.24, 2.45) is 0 Å². The molecule has 1 aromatic carbocycles. The molecule has 6 heteroatoms. The molecule has 0 aromatic heterocycles. The molecule has 2 rings (SSSR count). The second kappa shape index (κ2) is 5.54. The zero-order chi connectivity index (χ0) is 14.9.